The molecule has 0 spiro atoms. The summed E-state index contributed by atoms with van der Waals surface area (Å²) in [7, 11) is 0. The molecule has 0 amide bonds. The van der Waals surface area contributed by atoms with Crippen LogP contribution in [0.15, 0.2) is 65.2 Å². The number of fused-ring (bicyclic) bond motifs is 1. The molecule has 0 N–H and O–H groups in total. The number of unbranched alkanes of at least 4 members (excludes halogenated alkanes) is 1. The first-order valence-corrected chi connectivity index (χ1v) is 12.7. The topological polar surface area (TPSA) is 12.4 Å². The van der Waals surface area contributed by atoms with E-state index < -0.39 is 0 Å². The van der Waals surface area contributed by atoms with Gasteiger partial charge in [-0.15, -0.1) is 0 Å². The molecule has 2 aromatic rings. The van der Waals surface area contributed by atoms with Crippen molar-refractivity contribution in [2.45, 2.75) is 64.3 Å². The summed E-state index contributed by atoms with van der Waals surface area (Å²) < 4.78 is 2.82. The molecule has 0 bridgehead atoms. The molecule has 1 aliphatic carbocycles. The average Bonchev–Trinajstić information content (AvgIpc) is 3.14. The van der Waals surface area contributed by atoms with Crippen LogP contribution in [0, 0.1) is 11.8 Å². The van der Waals surface area contributed by atoms with Crippen LogP contribution in [0.2, 0.25) is 0 Å². The van der Waals surface area contributed by atoms with Crippen LogP contribution in [0.1, 0.15) is 75.0 Å². The monoisotopic (exact) mass is 447 g/mol. The van der Waals surface area contributed by atoms with Gasteiger partial charge in [0.25, 0.3) is 0 Å². The Morgan fingerprint density at radius 3 is 2.45 bits per heavy atom. The molecule has 0 atom stereocenters. The number of rotatable bonds is 4. The molecule has 29 heavy (non-hydrogen) atoms. The number of benzene rings is 2. The van der Waals surface area contributed by atoms with E-state index in [0.717, 1.165) is 12.0 Å². The summed E-state index contributed by atoms with van der Waals surface area (Å²) in [6, 6.07) is 19.8. The van der Waals surface area contributed by atoms with E-state index in [2.05, 4.69) is 67.3 Å². The second-order valence-electron chi connectivity index (χ2n) is 7.90. The summed E-state index contributed by atoms with van der Waals surface area (Å²) in [5.74, 6) is 6.99. The predicted octanol–water partition coefficient (Wildman–Crippen LogP) is 6.44. The van der Waals surface area contributed by atoms with Gasteiger partial charge >= 0.3 is 182 Å². The minimum absolute atomic E-state index is 0.260. The van der Waals surface area contributed by atoms with Crippen molar-refractivity contribution in [1.29, 1.82) is 0 Å². The molecular formula is C27H29NSe. The zero-order valence-corrected chi connectivity index (χ0v) is 19.0. The van der Waals surface area contributed by atoms with Crippen LogP contribution in [0.4, 0.5) is 0 Å². The number of nitrogens with zero attached hydrogens (tertiary/aromatic N) is 1. The van der Waals surface area contributed by atoms with Gasteiger partial charge in [-0.3, -0.25) is 0 Å². The maximum atomic E-state index is 5.27. The SMILES string of the molecule is CCCC/C(C#Cc1ccccc1)=C1\[Se]C(=NC2CCCCC2)c2ccccc21. The molecule has 2 heteroatoms. The molecular weight excluding hydrogens is 417 g/mol. The van der Waals surface area contributed by atoms with Crippen molar-refractivity contribution in [1.82, 2.24) is 0 Å². The quantitative estimate of drug-likeness (QED) is 0.379. The molecule has 0 unspecified atom stereocenters. The van der Waals surface area contributed by atoms with E-state index in [1.165, 1.54) is 70.7 Å². The van der Waals surface area contributed by atoms with Gasteiger partial charge in [0.05, 0.1) is 0 Å². The molecule has 1 aliphatic heterocycles. The first kappa shape index (κ1) is 20.2. The van der Waals surface area contributed by atoms with E-state index >= 15 is 0 Å². The summed E-state index contributed by atoms with van der Waals surface area (Å²) in [6.07, 6.45) is 10.0. The van der Waals surface area contributed by atoms with E-state index in [0.29, 0.717) is 6.04 Å². The number of aliphatic imine (C=N–C) groups is 1. The molecule has 1 nitrogen and oxygen atoms in total. The maximum absolute atomic E-state index is 5.27. The van der Waals surface area contributed by atoms with Gasteiger partial charge in [0.2, 0.25) is 0 Å². The van der Waals surface area contributed by atoms with Crippen molar-refractivity contribution >= 4 is 24.0 Å². The van der Waals surface area contributed by atoms with Gasteiger partial charge in [0.1, 0.15) is 0 Å². The Labute approximate surface area is 181 Å². The Morgan fingerprint density at radius 2 is 1.69 bits per heavy atom. The Balaban J connectivity index is 1.72. The number of hydrogen-bond acceptors (Lipinski definition) is 1. The van der Waals surface area contributed by atoms with Crippen LogP contribution in [0.25, 0.3) is 4.47 Å². The molecule has 148 valence electrons. The van der Waals surface area contributed by atoms with E-state index in [1.54, 1.807) is 0 Å². The zero-order valence-electron chi connectivity index (χ0n) is 17.3. The molecule has 0 radical (unpaired) electrons. The molecule has 4 rings (SSSR count). The second-order valence-corrected chi connectivity index (χ2v) is 10.00. The van der Waals surface area contributed by atoms with E-state index in [1.807, 2.05) is 6.07 Å². The standard InChI is InChI=1S/C27H29NSe/c1-2-3-14-22(20-19-21-12-6-4-7-13-21)26-24-17-10-11-18-25(24)27(29-26)28-23-15-8-5-9-16-23/h4,6-7,10-13,17-18,23H,2-3,5,8-9,14-16H2,1H3/b26-22+,28-27?. The third-order valence-corrected chi connectivity index (χ3v) is 8.16. The van der Waals surface area contributed by atoms with Gasteiger partial charge < -0.3 is 0 Å². The van der Waals surface area contributed by atoms with Crippen molar-refractivity contribution in [2.75, 3.05) is 0 Å². The fraction of sp³-hybridized carbons (Fsp3) is 0.370. The Bertz CT molecular complexity index is 953. The summed E-state index contributed by atoms with van der Waals surface area (Å²) in [5, 5.41) is 0. The van der Waals surface area contributed by atoms with Crippen molar-refractivity contribution in [3.63, 3.8) is 0 Å². The molecule has 1 fully saturated rings. The molecule has 1 heterocycles. The fourth-order valence-electron chi connectivity index (χ4n) is 4.03. The minimum atomic E-state index is 0.260. The van der Waals surface area contributed by atoms with Crippen molar-refractivity contribution in [3.05, 3.63) is 76.9 Å². The second kappa shape index (κ2) is 10.1. The van der Waals surface area contributed by atoms with Crippen molar-refractivity contribution in [2.24, 2.45) is 4.99 Å². The summed E-state index contributed by atoms with van der Waals surface area (Å²) >= 11 is 0.260. The van der Waals surface area contributed by atoms with E-state index in [-0.39, 0.29) is 15.0 Å². The molecule has 2 aliphatic rings. The molecule has 1 saturated carbocycles. The van der Waals surface area contributed by atoms with Crippen LogP contribution in [-0.4, -0.2) is 25.6 Å². The normalized spacial score (nSPS) is 19.6. The molecule has 2 aromatic carbocycles. The first-order valence-electron chi connectivity index (χ1n) is 11.0. The van der Waals surface area contributed by atoms with Gasteiger partial charge in [-0.1, -0.05) is 0 Å². The van der Waals surface area contributed by atoms with Gasteiger partial charge in [-0.05, 0) is 0 Å². The third kappa shape index (κ3) is 5.11. The molecule has 0 saturated heterocycles. The number of allylic oxidation sites excluding steroid dienone is 1. The van der Waals surface area contributed by atoms with Gasteiger partial charge in [0, 0.05) is 0 Å². The summed E-state index contributed by atoms with van der Waals surface area (Å²) in [5.41, 5.74) is 5.17. The Kier molecular flexibility index (Phi) is 7.04. The number of hydrogen-bond donors (Lipinski definition) is 0. The van der Waals surface area contributed by atoms with Crippen molar-refractivity contribution < 1.29 is 0 Å². The van der Waals surface area contributed by atoms with Crippen LogP contribution >= 0.6 is 0 Å². The average molecular weight is 446 g/mol. The zero-order chi connectivity index (χ0) is 19.9. The third-order valence-electron chi connectivity index (χ3n) is 5.66. The Morgan fingerprint density at radius 1 is 0.966 bits per heavy atom. The van der Waals surface area contributed by atoms with Crippen LogP contribution in [0.5, 0.6) is 0 Å². The molecule has 0 aromatic heterocycles. The fourth-order valence-corrected chi connectivity index (χ4v) is 6.64. The van der Waals surface area contributed by atoms with Gasteiger partial charge in [-0.2, -0.15) is 0 Å². The summed E-state index contributed by atoms with van der Waals surface area (Å²) in [6.45, 7) is 2.26. The van der Waals surface area contributed by atoms with E-state index in [4.69, 9.17) is 4.99 Å². The Hall–Kier alpha value is -2.07. The van der Waals surface area contributed by atoms with Crippen molar-refractivity contribution in [3.8, 4) is 11.8 Å². The van der Waals surface area contributed by atoms with Gasteiger partial charge in [-0.25, -0.2) is 0 Å². The van der Waals surface area contributed by atoms with Gasteiger partial charge in [0.15, 0.2) is 0 Å². The van der Waals surface area contributed by atoms with Crippen LogP contribution < -0.4 is 0 Å². The van der Waals surface area contributed by atoms with Crippen LogP contribution in [0.3, 0.4) is 0 Å². The first-order chi connectivity index (χ1) is 14.3. The van der Waals surface area contributed by atoms with Crippen LogP contribution in [-0.2, 0) is 0 Å². The predicted molar refractivity (Wildman–Crippen MR) is 125 cm³/mol. The summed E-state index contributed by atoms with van der Waals surface area (Å²) in [4.78, 5) is 5.27. The van der Waals surface area contributed by atoms with E-state index in [9.17, 15) is 0 Å².